The summed E-state index contributed by atoms with van der Waals surface area (Å²) in [7, 11) is 1.47. The number of benzene rings is 1. The molecule has 1 saturated heterocycles. The Labute approximate surface area is 172 Å². The number of aliphatic hydroxyl groups is 1. The maximum absolute atomic E-state index is 13.6. The Morgan fingerprint density at radius 2 is 1.97 bits per heavy atom. The van der Waals surface area contributed by atoms with Gasteiger partial charge in [0.15, 0.2) is 11.6 Å². The maximum atomic E-state index is 13.6. The summed E-state index contributed by atoms with van der Waals surface area (Å²) in [5.41, 5.74) is -0.0167. The molecule has 2 N–H and O–H groups in total. The molecule has 0 bridgehead atoms. The van der Waals surface area contributed by atoms with Crippen LogP contribution >= 0.6 is 0 Å². The molecule has 10 heteroatoms. The summed E-state index contributed by atoms with van der Waals surface area (Å²) < 4.78 is 28.2. The Hall–Kier alpha value is -2.88. The van der Waals surface area contributed by atoms with Crippen LogP contribution in [0.3, 0.4) is 0 Å². The van der Waals surface area contributed by atoms with Gasteiger partial charge in [0.2, 0.25) is 11.8 Å². The molecule has 2 aromatic rings. The third-order valence-corrected chi connectivity index (χ3v) is 5.16. The highest BCUT2D eigenvalue weighted by molar-refractivity contribution is 5.90. The van der Waals surface area contributed by atoms with Crippen molar-refractivity contribution in [2.45, 2.75) is 45.4 Å². The minimum atomic E-state index is -1.01. The quantitative estimate of drug-likeness (QED) is 0.780. The molecule has 2 heterocycles. The van der Waals surface area contributed by atoms with E-state index in [1.54, 1.807) is 0 Å². The highest BCUT2D eigenvalue weighted by atomic mass is 19.2. The number of aromatic nitrogens is 3. The normalized spacial score (nSPS) is 20.3. The van der Waals surface area contributed by atoms with Crippen LogP contribution in [0.4, 0.5) is 8.78 Å². The number of carbonyl (C=O) groups is 2. The van der Waals surface area contributed by atoms with Gasteiger partial charge in [-0.1, -0.05) is 26.0 Å². The number of aliphatic hydroxyl groups excluding tert-OH is 1. The number of likely N-dealkylation sites (N-methyl/N-ethyl adjacent to an activating group) is 1. The SMILES string of the molecule is CNC(=O)[C@@H]1C[C@@H](O)CN1C(=O)[C@@H](n1cc(-c2ccc(F)c(F)c2)nn1)C(C)(C)C. The van der Waals surface area contributed by atoms with Crippen molar-refractivity contribution < 1.29 is 23.5 Å². The molecule has 30 heavy (non-hydrogen) atoms. The minimum Gasteiger partial charge on any atom is -0.391 e. The van der Waals surface area contributed by atoms with E-state index in [9.17, 15) is 23.5 Å². The van der Waals surface area contributed by atoms with Gasteiger partial charge in [-0.05, 0) is 23.6 Å². The molecule has 1 aromatic heterocycles. The lowest BCUT2D eigenvalue weighted by Gasteiger charge is -2.34. The molecule has 3 rings (SSSR count). The summed E-state index contributed by atoms with van der Waals surface area (Å²) in [5.74, 6) is -2.71. The van der Waals surface area contributed by atoms with Gasteiger partial charge in [0, 0.05) is 25.6 Å². The largest absolute Gasteiger partial charge is 0.391 e. The number of nitrogens with zero attached hydrogens (tertiary/aromatic N) is 4. The van der Waals surface area contributed by atoms with Crippen LogP contribution in [-0.4, -0.2) is 62.6 Å². The van der Waals surface area contributed by atoms with Crippen molar-refractivity contribution >= 4 is 11.8 Å². The lowest BCUT2D eigenvalue weighted by Crippen LogP contribution is -2.49. The van der Waals surface area contributed by atoms with Crippen LogP contribution in [0.2, 0.25) is 0 Å². The molecule has 0 unspecified atom stereocenters. The van der Waals surface area contributed by atoms with Crippen molar-refractivity contribution in [3.05, 3.63) is 36.0 Å². The van der Waals surface area contributed by atoms with Crippen LogP contribution in [0.1, 0.15) is 33.2 Å². The zero-order valence-electron chi connectivity index (χ0n) is 17.3. The first-order valence-electron chi connectivity index (χ1n) is 9.60. The third kappa shape index (κ3) is 4.18. The van der Waals surface area contributed by atoms with Crippen LogP contribution in [0.25, 0.3) is 11.3 Å². The fourth-order valence-electron chi connectivity index (χ4n) is 3.70. The zero-order chi connectivity index (χ0) is 22.2. The fourth-order valence-corrected chi connectivity index (χ4v) is 3.70. The van der Waals surface area contributed by atoms with Gasteiger partial charge in [0.1, 0.15) is 17.8 Å². The van der Waals surface area contributed by atoms with Gasteiger partial charge in [-0.2, -0.15) is 0 Å². The van der Waals surface area contributed by atoms with Crippen molar-refractivity contribution in [2.24, 2.45) is 5.41 Å². The summed E-state index contributed by atoms with van der Waals surface area (Å²) in [6.45, 7) is 5.57. The smallest absolute Gasteiger partial charge is 0.248 e. The molecule has 1 aliphatic heterocycles. The van der Waals surface area contributed by atoms with Crippen molar-refractivity contribution in [3.63, 3.8) is 0 Å². The first-order chi connectivity index (χ1) is 14.0. The van der Waals surface area contributed by atoms with E-state index in [4.69, 9.17) is 0 Å². The van der Waals surface area contributed by atoms with Gasteiger partial charge in [-0.3, -0.25) is 9.59 Å². The van der Waals surface area contributed by atoms with Gasteiger partial charge in [-0.25, -0.2) is 13.5 Å². The molecule has 2 amide bonds. The molecule has 0 saturated carbocycles. The second-order valence-electron chi connectivity index (χ2n) is 8.49. The topological polar surface area (TPSA) is 100 Å². The van der Waals surface area contributed by atoms with E-state index in [2.05, 4.69) is 15.6 Å². The van der Waals surface area contributed by atoms with Crippen LogP contribution in [0.5, 0.6) is 0 Å². The molecule has 1 aliphatic rings. The van der Waals surface area contributed by atoms with Crippen molar-refractivity contribution in [1.29, 1.82) is 0 Å². The van der Waals surface area contributed by atoms with E-state index in [1.165, 1.54) is 28.9 Å². The molecule has 0 aliphatic carbocycles. The number of likely N-dealkylation sites (tertiary alicyclic amines) is 1. The molecule has 8 nitrogen and oxygen atoms in total. The predicted molar refractivity (Wildman–Crippen MR) is 104 cm³/mol. The second kappa shape index (κ2) is 8.10. The second-order valence-corrected chi connectivity index (χ2v) is 8.49. The Morgan fingerprint density at radius 1 is 1.27 bits per heavy atom. The predicted octanol–water partition coefficient (Wildman–Crippen LogP) is 1.52. The number of amides is 2. The number of β-amino-alcohol motifs (C(OH)–C–C–N with tert-alkyl or cyclic N) is 1. The lowest BCUT2D eigenvalue weighted by atomic mass is 9.85. The molecule has 1 fully saturated rings. The Balaban J connectivity index is 1.95. The van der Waals surface area contributed by atoms with E-state index in [-0.39, 0.29) is 30.5 Å². The fraction of sp³-hybridized carbons (Fsp3) is 0.500. The summed E-state index contributed by atoms with van der Waals surface area (Å²) in [4.78, 5) is 27.0. The number of hydrogen-bond acceptors (Lipinski definition) is 5. The Kier molecular flexibility index (Phi) is 5.89. The first-order valence-corrected chi connectivity index (χ1v) is 9.60. The lowest BCUT2D eigenvalue weighted by molar-refractivity contribution is -0.144. The number of rotatable bonds is 4. The minimum absolute atomic E-state index is 0.0359. The van der Waals surface area contributed by atoms with Crippen molar-refractivity contribution in [1.82, 2.24) is 25.2 Å². The van der Waals surface area contributed by atoms with Crippen LogP contribution < -0.4 is 5.32 Å². The average molecular weight is 421 g/mol. The summed E-state index contributed by atoms with van der Waals surface area (Å²) in [5, 5.41) is 20.6. The number of halogens is 2. The van der Waals surface area contributed by atoms with Gasteiger partial charge < -0.3 is 15.3 Å². The van der Waals surface area contributed by atoms with Crippen molar-refractivity contribution in [2.75, 3.05) is 13.6 Å². The maximum Gasteiger partial charge on any atom is 0.248 e. The van der Waals surface area contributed by atoms with Gasteiger partial charge >= 0.3 is 0 Å². The Bertz CT molecular complexity index is 956. The van der Waals surface area contributed by atoms with Gasteiger partial charge in [0.05, 0.1) is 12.3 Å². The summed E-state index contributed by atoms with van der Waals surface area (Å²) in [6, 6.07) is 1.77. The van der Waals surface area contributed by atoms with E-state index in [0.717, 1.165) is 12.1 Å². The molecule has 1 aromatic carbocycles. The average Bonchev–Trinajstić information content (AvgIpc) is 3.29. The molecule has 0 radical (unpaired) electrons. The molecular weight excluding hydrogens is 396 g/mol. The summed E-state index contributed by atoms with van der Waals surface area (Å²) >= 11 is 0. The number of carbonyl (C=O) groups excluding carboxylic acids is 2. The molecule has 162 valence electrons. The van der Waals surface area contributed by atoms with Crippen LogP contribution in [-0.2, 0) is 9.59 Å². The molecule has 3 atom stereocenters. The van der Waals surface area contributed by atoms with E-state index in [1.807, 2.05) is 20.8 Å². The standard InChI is InChI=1S/C20H25F2N5O3/c1-20(2,3)17(19(30)26-9-12(28)8-16(26)18(29)23-4)27-10-15(24-25-27)11-5-6-13(21)14(22)7-11/h5-7,10,12,16-17,28H,8-9H2,1-4H3,(H,23,29)/t12-,16+,17-/m1/s1. The highest BCUT2D eigenvalue weighted by Gasteiger charge is 2.45. The zero-order valence-corrected chi connectivity index (χ0v) is 17.3. The van der Waals surface area contributed by atoms with E-state index < -0.39 is 35.2 Å². The van der Waals surface area contributed by atoms with Crippen LogP contribution in [0, 0.1) is 17.0 Å². The van der Waals surface area contributed by atoms with Crippen LogP contribution in [0.15, 0.2) is 24.4 Å². The van der Waals surface area contributed by atoms with E-state index in [0.29, 0.717) is 5.56 Å². The highest BCUT2D eigenvalue weighted by Crippen LogP contribution is 2.35. The third-order valence-electron chi connectivity index (χ3n) is 5.16. The Morgan fingerprint density at radius 3 is 2.57 bits per heavy atom. The first kappa shape index (κ1) is 21.8. The van der Waals surface area contributed by atoms with E-state index >= 15 is 0 Å². The molecule has 0 spiro atoms. The monoisotopic (exact) mass is 421 g/mol. The van der Waals surface area contributed by atoms with Gasteiger partial charge in [-0.15, -0.1) is 5.10 Å². The van der Waals surface area contributed by atoms with Crippen molar-refractivity contribution in [3.8, 4) is 11.3 Å². The number of hydrogen-bond donors (Lipinski definition) is 2. The summed E-state index contributed by atoms with van der Waals surface area (Å²) in [6.07, 6.45) is 0.840. The molecular formula is C20H25F2N5O3. The number of nitrogens with one attached hydrogen (secondary N) is 1. The van der Waals surface area contributed by atoms with Gasteiger partial charge in [0.25, 0.3) is 0 Å².